The molecule has 1 aliphatic rings. The van der Waals surface area contributed by atoms with Crippen molar-refractivity contribution in [3.8, 4) is 0 Å². The number of aromatic nitrogens is 2. The number of hydrogen-bond acceptors (Lipinski definition) is 7. The van der Waals surface area contributed by atoms with Crippen molar-refractivity contribution >= 4 is 9.84 Å². The van der Waals surface area contributed by atoms with E-state index >= 15 is 0 Å². The Morgan fingerprint density at radius 2 is 1.88 bits per heavy atom. The minimum absolute atomic E-state index is 0.0874. The number of rotatable bonds is 5. The highest BCUT2D eigenvalue weighted by Gasteiger charge is 2.38. The van der Waals surface area contributed by atoms with E-state index in [1.807, 2.05) is 4.90 Å². The largest absolute Gasteiger partial charge is 0.385 e. The number of piperidine rings is 1. The number of nitrogens with zero attached hydrogens (tertiary/aromatic N) is 3. The number of likely N-dealkylation sites (tertiary alicyclic amines) is 1. The van der Waals surface area contributed by atoms with Gasteiger partial charge in [0.15, 0.2) is 15.7 Å². The summed E-state index contributed by atoms with van der Waals surface area (Å²) in [5, 5.41) is 14.3. The van der Waals surface area contributed by atoms with Crippen molar-refractivity contribution < 1.29 is 26.8 Å². The van der Waals surface area contributed by atoms with E-state index in [1.54, 1.807) is 0 Å². The summed E-state index contributed by atoms with van der Waals surface area (Å²) in [6.45, 7) is 1.01. The van der Waals surface area contributed by atoms with Crippen molar-refractivity contribution in [1.29, 1.82) is 0 Å². The standard InChI is InChI=1S/C16H19F2N3O4S/c1-26(23,24)10-13-19-14(25-20-13)9-21-7-5-16(22,6-8-21)15-11(17)3-2-4-12(15)18/h2-4,22H,5-10H2,1H3. The SMILES string of the molecule is CS(=O)(=O)Cc1noc(CN2CCC(O)(c3c(F)cccc3F)CC2)n1. The Morgan fingerprint density at radius 1 is 1.27 bits per heavy atom. The lowest BCUT2D eigenvalue weighted by atomic mass is 9.83. The van der Waals surface area contributed by atoms with Crippen molar-refractivity contribution in [3.63, 3.8) is 0 Å². The van der Waals surface area contributed by atoms with E-state index in [0.717, 1.165) is 18.4 Å². The van der Waals surface area contributed by atoms with Crippen LogP contribution in [0.4, 0.5) is 8.78 Å². The lowest BCUT2D eigenvalue weighted by molar-refractivity contribution is -0.0346. The highest BCUT2D eigenvalue weighted by atomic mass is 32.2. The average molecular weight is 387 g/mol. The summed E-state index contributed by atoms with van der Waals surface area (Å²) >= 11 is 0. The van der Waals surface area contributed by atoms with Crippen LogP contribution in [0, 0.1) is 11.6 Å². The molecule has 1 fully saturated rings. The maximum absolute atomic E-state index is 14.0. The number of halogens is 2. The van der Waals surface area contributed by atoms with Gasteiger partial charge in [-0.25, -0.2) is 17.2 Å². The van der Waals surface area contributed by atoms with E-state index < -0.39 is 27.1 Å². The monoisotopic (exact) mass is 387 g/mol. The van der Waals surface area contributed by atoms with Crippen molar-refractivity contribution in [2.75, 3.05) is 19.3 Å². The summed E-state index contributed by atoms with van der Waals surface area (Å²) in [7, 11) is -3.25. The van der Waals surface area contributed by atoms with Crippen LogP contribution >= 0.6 is 0 Å². The molecule has 0 bridgehead atoms. The Hall–Kier alpha value is -1.91. The van der Waals surface area contributed by atoms with E-state index in [2.05, 4.69) is 10.1 Å². The predicted octanol–water partition coefficient (Wildman–Crippen LogP) is 1.38. The molecule has 1 aromatic carbocycles. The van der Waals surface area contributed by atoms with Gasteiger partial charge in [0.1, 0.15) is 17.4 Å². The lowest BCUT2D eigenvalue weighted by Gasteiger charge is -2.38. The molecule has 142 valence electrons. The molecule has 0 spiro atoms. The Balaban J connectivity index is 1.64. The molecule has 0 aliphatic carbocycles. The molecule has 0 radical (unpaired) electrons. The maximum Gasteiger partial charge on any atom is 0.240 e. The van der Waals surface area contributed by atoms with Crippen LogP contribution in [0.1, 0.15) is 30.1 Å². The summed E-state index contributed by atoms with van der Waals surface area (Å²) < 4.78 is 55.5. The van der Waals surface area contributed by atoms with Crippen molar-refractivity contribution in [3.05, 3.63) is 47.1 Å². The van der Waals surface area contributed by atoms with Gasteiger partial charge >= 0.3 is 0 Å². The quantitative estimate of drug-likeness (QED) is 0.828. The van der Waals surface area contributed by atoms with Crippen molar-refractivity contribution in [1.82, 2.24) is 15.0 Å². The zero-order chi connectivity index (χ0) is 18.9. The second-order valence-corrected chi connectivity index (χ2v) is 8.72. The molecule has 26 heavy (non-hydrogen) atoms. The molecule has 0 unspecified atom stereocenters. The van der Waals surface area contributed by atoms with Gasteiger partial charge in [-0.3, -0.25) is 4.90 Å². The molecule has 0 saturated carbocycles. The van der Waals surface area contributed by atoms with Crippen LogP contribution in [0.5, 0.6) is 0 Å². The highest BCUT2D eigenvalue weighted by Crippen LogP contribution is 2.36. The van der Waals surface area contributed by atoms with Gasteiger partial charge in [0.05, 0.1) is 17.7 Å². The summed E-state index contributed by atoms with van der Waals surface area (Å²) in [6.07, 6.45) is 1.38. The smallest absolute Gasteiger partial charge is 0.240 e. The van der Waals surface area contributed by atoms with Gasteiger partial charge < -0.3 is 9.63 Å². The predicted molar refractivity (Wildman–Crippen MR) is 87.6 cm³/mol. The molecular weight excluding hydrogens is 368 g/mol. The molecule has 0 amide bonds. The third-order valence-electron chi connectivity index (χ3n) is 4.37. The fourth-order valence-electron chi connectivity index (χ4n) is 3.11. The molecule has 1 aromatic heterocycles. The Labute approximate surface area is 149 Å². The highest BCUT2D eigenvalue weighted by molar-refractivity contribution is 7.89. The molecule has 1 aliphatic heterocycles. The van der Waals surface area contributed by atoms with Gasteiger partial charge in [-0.05, 0) is 25.0 Å². The fourth-order valence-corrected chi connectivity index (χ4v) is 3.70. The normalized spacial score (nSPS) is 18.2. The Kier molecular flexibility index (Phi) is 5.09. The van der Waals surface area contributed by atoms with Crippen LogP contribution in [0.2, 0.25) is 0 Å². The van der Waals surface area contributed by atoms with Gasteiger partial charge in [-0.2, -0.15) is 4.98 Å². The summed E-state index contributed by atoms with van der Waals surface area (Å²) in [5.41, 5.74) is -1.87. The van der Waals surface area contributed by atoms with E-state index in [1.165, 1.54) is 6.07 Å². The first kappa shape index (κ1) is 18.9. The topological polar surface area (TPSA) is 96.5 Å². The maximum atomic E-state index is 14.0. The second-order valence-electron chi connectivity index (χ2n) is 6.58. The van der Waals surface area contributed by atoms with Gasteiger partial charge in [0.2, 0.25) is 5.89 Å². The molecule has 1 N–H and O–H groups in total. The molecule has 0 atom stereocenters. The van der Waals surface area contributed by atoms with Gasteiger partial charge in [-0.15, -0.1) is 0 Å². The minimum atomic E-state index is -3.25. The molecule has 10 heteroatoms. The third kappa shape index (κ3) is 4.25. The zero-order valence-electron chi connectivity index (χ0n) is 14.2. The fraction of sp³-hybridized carbons (Fsp3) is 0.500. The Morgan fingerprint density at radius 3 is 2.46 bits per heavy atom. The zero-order valence-corrected chi connectivity index (χ0v) is 15.0. The van der Waals surface area contributed by atoms with Crippen LogP contribution < -0.4 is 0 Å². The summed E-state index contributed by atoms with van der Waals surface area (Å²) in [6, 6.07) is 3.52. The molecular formula is C16H19F2N3O4S. The van der Waals surface area contributed by atoms with Crippen molar-refractivity contribution in [2.24, 2.45) is 0 Å². The minimum Gasteiger partial charge on any atom is -0.385 e. The summed E-state index contributed by atoms with van der Waals surface area (Å²) in [4.78, 5) is 5.93. The van der Waals surface area contributed by atoms with Crippen molar-refractivity contribution in [2.45, 2.75) is 30.7 Å². The first-order valence-electron chi connectivity index (χ1n) is 8.05. The molecule has 2 aromatic rings. The number of hydrogen-bond donors (Lipinski definition) is 1. The summed E-state index contributed by atoms with van der Waals surface area (Å²) in [5.74, 6) is -1.48. The first-order chi connectivity index (χ1) is 12.2. The molecule has 2 heterocycles. The van der Waals surface area contributed by atoms with Gasteiger partial charge in [0, 0.05) is 19.3 Å². The van der Waals surface area contributed by atoms with E-state index in [0.29, 0.717) is 13.1 Å². The van der Waals surface area contributed by atoms with Crippen LogP contribution in [0.25, 0.3) is 0 Å². The average Bonchev–Trinajstić information content (AvgIpc) is 2.94. The van der Waals surface area contributed by atoms with Crippen LogP contribution in [-0.4, -0.2) is 47.9 Å². The molecule has 3 rings (SSSR count). The molecule has 7 nitrogen and oxygen atoms in total. The van der Waals surface area contributed by atoms with Crippen LogP contribution in [0.15, 0.2) is 22.7 Å². The van der Waals surface area contributed by atoms with Crippen LogP contribution in [-0.2, 0) is 27.7 Å². The van der Waals surface area contributed by atoms with E-state index in [-0.39, 0.29) is 42.4 Å². The number of aliphatic hydroxyl groups is 1. The number of benzene rings is 1. The molecule has 1 saturated heterocycles. The second kappa shape index (κ2) is 7.01. The van der Waals surface area contributed by atoms with Gasteiger partial charge in [-0.1, -0.05) is 11.2 Å². The van der Waals surface area contributed by atoms with Gasteiger partial charge in [0.25, 0.3) is 0 Å². The van der Waals surface area contributed by atoms with E-state index in [4.69, 9.17) is 4.52 Å². The Bertz CT molecular complexity index is 872. The van der Waals surface area contributed by atoms with E-state index in [9.17, 15) is 22.3 Å². The lowest BCUT2D eigenvalue weighted by Crippen LogP contribution is -2.43. The third-order valence-corrected chi connectivity index (χ3v) is 5.15. The van der Waals surface area contributed by atoms with Crippen LogP contribution in [0.3, 0.4) is 0 Å². The number of sulfone groups is 1. The first-order valence-corrected chi connectivity index (χ1v) is 10.1.